The van der Waals surface area contributed by atoms with Crippen molar-refractivity contribution in [2.24, 2.45) is 0 Å². The highest BCUT2D eigenvalue weighted by atomic mass is 19.1. The van der Waals surface area contributed by atoms with Gasteiger partial charge in [0, 0.05) is 18.1 Å². The van der Waals surface area contributed by atoms with E-state index >= 15 is 0 Å². The molecule has 0 atom stereocenters. The number of benzene rings is 1. The quantitative estimate of drug-likeness (QED) is 0.745. The molecule has 0 aromatic heterocycles. The largest absolute Gasteiger partial charge is 0.394 e. The van der Waals surface area contributed by atoms with Crippen molar-refractivity contribution in [3.05, 3.63) is 29.1 Å². The smallest absolute Gasteiger partial charge is 0.155 e. The van der Waals surface area contributed by atoms with Gasteiger partial charge in [0.2, 0.25) is 0 Å². The first-order valence-corrected chi connectivity index (χ1v) is 3.84. The first kappa shape index (κ1) is 10.6. The van der Waals surface area contributed by atoms with Gasteiger partial charge in [-0.2, -0.15) is 0 Å². The van der Waals surface area contributed by atoms with Crippen LogP contribution in [-0.4, -0.2) is 5.78 Å². The maximum Gasteiger partial charge on any atom is 0.155 e. The second-order valence-electron chi connectivity index (χ2n) is 2.93. The molecule has 1 aromatic rings. The topological polar surface area (TPSA) is 43.1 Å². The molecule has 0 aliphatic heterocycles. The molecule has 0 saturated carbocycles. The van der Waals surface area contributed by atoms with Gasteiger partial charge in [-0.15, -0.1) is 0 Å². The molecule has 0 aliphatic carbocycles. The second-order valence-corrected chi connectivity index (χ2v) is 2.93. The highest BCUT2D eigenvalue weighted by molar-refractivity contribution is 5.78. The molecule has 0 saturated heterocycles. The fraction of sp³-hybridized carbons (Fsp3) is 0.222. The fourth-order valence-corrected chi connectivity index (χ4v) is 1.06. The number of Topliss-reactive ketones (excluding diaryl/α,β-unsaturated/α-hetero) is 1. The first-order valence-electron chi connectivity index (χ1n) is 3.84. The van der Waals surface area contributed by atoms with Crippen LogP contribution in [0.25, 0.3) is 0 Å². The van der Waals surface area contributed by atoms with Gasteiger partial charge in [0.1, 0.15) is 17.3 Å². The number of halogens is 3. The van der Waals surface area contributed by atoms with Crippen LogP contribution in [0.3, 0.4) is 0 Å². The summed E-state index contributed by atoms with van der Waals surface area (Å²) in [7, 11) is 0. The predicted molar refractivity (Wildman–Crippen MR) is 45.1 cm³/mol. The number of ketones is 1. The summed E-state index contributed by atoms with van der Waals surface area (Å²) in [5.74, 6) is -3.87. The summed E-state index contributed by atoms with van der Waals surface area (Å²) < 4.78 is 38.8. The van der Waals surface area contributed by atoms with Crippen LogP contribution < -0.4 is 5.73 Å². The van der Waals surface area contributed by atoms with Gasteiger partial charge in [0.25, 0.3) is 0 Å². The number of rotatable bonds is 2. The van der Waals surface area contributed by atoms with Gasteiger partial charge in [-0.3, -0.25) is 4.79 Å². The van der Waals surface area contributed by atoms with Crippen molar-refractivity contribution >= 4 is 11.5 Å². The summed E-state index contributed by atoms with van der Waals surface area (Å²) in [5, 5.41) is 0. The van der Waals surface area contributed by atoms with E-state index in [0.717, 1.165) is 0 Å². The summed E-state index contributed by atoms with van der Waals surface area (Å²) in [6, 6.07) is 0.469. The Morgan fingerprint density at radius 1 is 1.36 bits per heavy atom. The SMILES string of the molecule is CC(=O)Cc1c(F)cc(F)c(N)c1F. The highest BCUT2D eigenvalue weighted by Crippen LogP contribution is 2.22. The Labute approximate surface area is 78.5 Å². The number of hydrogen-bond acceptors (Lipinski definition) is 2. The van der Waals surface area contributed by atoms with Crippen LogP contribution in [0.5, 0.6) is 0 Å². The van der Waals surface area contributed by atoms with E-state index in [1.165, 1.54) is 6.92 Å². The molecule has 1 aromatic carbocycles. The molecule has 0 heterocycles. The Kier molecular flexibility index (Phi) is 2.78. The third kappa shape index (κ3) is 1.86. The van der Waals surface area contributed by atoms with Crippen LogP contribution in [0, 0.1) is 17.5 Å². The van der Waals surface area contributed by atoms with E-state index in [-0.39, 0.29) is 0 Å². The van der Waals surface area contributed by atoms with Crippen LogP contribution in [0.2, 0.25) is 0 Å². The molecule has 0 unspecified atom stereocenters. The molecule has 14 heavy (non-hydrogen) atoms. The Balaban J connectivity index is 3.29. The number of nitrogens with two attached hydrogens (primary N) is 1. The molecular weight excluding hydrogens is 195 g/mol. The molecule has 0 aliphatic rings. The first-order chi connectivity index (χ1) is 6.43. The van der Waals surface area contributed by atoms with Crippen LogP contribution >= 0.6 is 0 Å². The van der Waals surface area contributed by atoms with Gasteiger partial charge in [0.15, 0.2) is 11.6 Å². The zero-order valence-corrected chi connectivity index (χ0v) is 7.40. The monoisotopic (exact) mass is 203 g/mol. The van der Waals surface area contributed by atoms with Crippen molar-refractivity contribution in [2.45, 2.75) is 13.3 Å². The molecule has 0 radical (unpaired) electrons. The molecular formula is C9H8F3NO. The lowest BCUT2D eigenvalue weighted by Crippen LogP contribution is -2.07. The zero-order chi connectivity index (χ0) is 10.9. The molecule has 2 N–H and O–H groups in total. The van der Waals surface area contributed by atoms with Gasteiger partial charge in [-0.25, -0.2) is 13.2 Å². The van der Waals surface area contributed by atoms with E-state index in [4.69, 9.17) is 5.73 Å². The highest BCUT2D eigenvalue weighted by Gasteiger charge is 2.17. The fourth-order valence-electron chi connectivity index (χ4n) is 1.06. The normalized spacial score (nSPS) is 10.3. The van der Waals surface area contributed by atoms with Gasteiger partial charge < -0.3 is 5.73 Å². The van der Waals surface area contributed by atoms with Crippen molar-refractivity contribution in [3.63, 3.8) is 0 Å². The van der Waals surface area contributed by atoms with Crippen LogP contribution in [0.15, 0.2) is 6.07 Å². The maximum atomic E-state index is 13.1. The third-order valence-electron chi connectivity index (χ3n) is 1.73. The van der Waals surface area contributed by atoms with Crippen molar-refractivity contribution in [2.75, 3.05) is 5.73 Å². The number of nitrogen functional groups attached to an aromatic ring is 1. The summed E-state index contributed by atoms with van der Waals surface area (Å²) in [5.41, 5.74) is 3.75. The van der Waals surface area contributed by atoms with E-state index in [1.807, 2.05) is 0 Å². The molecule has 0 amide bonds. The maximum absolute atomic E-state index is 13.1. The molecule has 5 heteroatoms. The lowest BCUT2D eigenvalue weighted by Gasteiger charge is -2.06. The van der Waals surface area contributed by atoms with E-state index in [9.17, 15) is 18.0 Å². The van der Waals surface area contributed by atoms with E-state index < -0.39 is 40.9 Å². The van der Waals surface area contributed by atoms with Crippen molar-refractivity contribution in [1.29, 1.82) is 0 Å². The third-order valence-corrected chi connectivity index (χ3v) is 1.73. The Morgan fingerprint density at radius 2 is 1.93 bits per heavy atom. The molecule has 0 bridgehead atoms. The standard InChI is InChI=1S/C9H8F3NO/c1-4(14)2-5-6(10)3-7(11)9(13)8(5)12/h3H,2,13H2,1H3. The van der Waals surface area contributed by atoms with Crippen molar-refractivity contribution in [3.8, 4) is 0 Å². The predicted octanol–water partition coefficient (Wildman–Crippen LogP) is 1.82. The minimum absolute atomic E-state index is 0.422. The zero-order valence-electron chi connectivity index (χ0n) is 7.40. The minimum Gasteiger partial charge on any atom is -0.394 e. The lowest BCUT2D eigenvalue weighted by molar-refractivity contribution is -0.116. The van der Waals surface area contributed by atoms with Crippen LogP contribution in [0.4, 0.5) is 18.9 Å². The molecule has 2 nitrogen and oxygen atoms in total. The summed E-state index contributed by atoms with van der Waals surface area (Å²) >= 11 is 0. The molecule has 0 fully saturated rings. The van der Waals surface area contributed by atoms with Gasteiger partial charge in [-0.1, -0.05) is 0 Å². The van der Waals surface area contributed by atoms with Gasteiger partial charge >= 0.3 is 0 Å². The number of carbonyl (C=O) groups excluding carboxylic acids is 1. The van der Waals surface area contributed by atoms with E-state index in [0.29, 0.717) is 6.07 Å². The van der Waals surface area contributed by atoms with Crippen molar-refractivity contribution < 1.29 is 18.0 Å². The average Bonchev–Trinajstić information content (AvgIpc) is 2.09. The van der Waals surface area contributed by atoms with Crippen LogP contribution in [0.1, 0.15) is 12.5 Å². The van der Waals surface area contributed by atoms with Crippen LogP contribution in [-0.2, 0) is 11.2 Å². The Hall–Kier alpha value is -1.52. The number of carbonyl (C=O) groups is 1. The lowest BCUT2D eigenvalue weighted by atomic mass is 10.1. The average molecular weight is 203 g/mol. The van der Waals surface area contributed by atoms with E-state index in [1.54, 1.807) is 0 Å². The van der Waals surface area contributed by atoms with Crippen molar-refractivity contribution in [1.82, 2.24) is 0 Å². The summed E-state index contributed by atoms with van der Waals surface area (Å²) in [6.07, 6.45) is -0.428. The van der Waals surface area contributed by atoms with E-state index in [2.05, 4.69) is 0 Å². The van der Waals surface area contributed by atoms with Gasteiger partial charge in [0.05, 0.1) is 0 Å². The summed E-state index contributed by atoms with van der Waals surface area (Å²) in [4.78, 5) is 10.6. The summed E-state index contributed by atoms with van der Waals surface area (Å²) in [6.45, 7) is 1.18. The Bertz CT molecular complexity index is 390. The molecule has 1 rings (SSSR count). The molecule has 76 valence electrons. The molecule has 0 spiro atoms. The second kappa shape index (κ2) is 3.69. The van der Waals surface area contributed by atoms with Gasteiger partial charge in [-0.05, 0) is 6.92 Å². The minimum atomic E-state index is -1.20. The number of hydrogen-bond donors (Lipinski definition) is 1. The Morgan fingerprint density at radius 3 is 2.43 bits per heavy atom. The number of anilines is 1.